The van der Waals surface area contributed by atoms with E-state index in [1.54, 1.807) is 48.4 Å². The van der Waals surface area contributed by atoms with Crippen LogP contribution in [0.2, 0.25) is 32.2 Å². The summed E-state index contributed by atoms with van der Waals surface area (Å²) in [4.78, 5) is 0. The Morgan fingerprint density at radius 3 is 1.24 bits per heavy atom. The predicted octanol–water partition coefficient (Wildman–Crippen LogP) is 4.21. The van der Waals surface area contributed by atoms with Crippen LogP contribution in [0.3, 0.4) is 0 Å². The lowest BCUT2D eigenvalue weighted by molar-refractivity contribution is 0.248. The lowest BCUT2D eigenvalue weighted by atomic mass is 10.4. The van der Waals surface area contributed by atoms with Gasteiger partial charge in [0.2, 0.25) is 0 Å². The molecule has 0 saturated carbocycles. The summed E-state index contributed by atoms with van der Waals surface area (Å²) in [5.41, 5.74) is 1.74. The Bertz CT molecular complexity index is 302. The van der Waals surface area contributed by atoms with Crippen molar-refractivity contribution in [2.75, 3.05) is 42.7 Å². The molecule has 0 heterocycles. The zero-order valence-electron chi connectivity index (χ0n) is 18.4. The normalized spacial score (nSPS) is 11.8. The van der Waals surface area contributed by atoms with Gasteiger partial charge in [0, 0.05) is 42.7 Å². The lowest BCUT2D eigenvalue weighted by Crippen LogP contribution is -2.35. The van der Waals surface area contributed by atoms with Gasteiger partial charge in [0.05, 0.1) is 0 Å². The highest BCUT2D eigenvalue weighted by Crippen LogP contribution is 2.14. The summed E-state index contributed by atoms with van der Waals surface area (Å²) < 4.78 is 30.7. The van der Waals surface area contributed by atoms with Crippen molar-refractivity contribution in [3.8, 4) is 0 Å². The second-order valence-electron chi connectivity index (χ2n) is 6.08. The van der Waals surface area contributed by atoms with E-state index in [-0.39, 0.29) is 0 Å². The average molecular weight is 415 g/mol. The van der Waals surface area contributed by atoms with Crippen LogP contribution in [0.4, 0.5) is 0 Å². The van der Waals surface area contributed by atoms with E-state index in [2.05, 4.69) is 20.0 Å². The van der Waals surface area contributed by atoms with Crippen LogP contribution in [0.5, 0.6) is 0 Å². The van der Waals surface area contributed by atoms with E-state index < -0.39 is 25.7 Å². The van der Waals surface area contributed by atoms with Crippen molar-refractivity contribution in [3.05, 3.63) is 12.3 Å². The molecule has 0 aromatic carbocycles. The fourth-order valence-corrected chi connectivity index (χ4v) is 3.36. The van der Waals surface area contributed by atoms with Gasteiger partial charge < -0.3 is 26.6 Å². The molecule has 0 rings (SSSR count). The van der Waals surface area contributed by atoms with Crippen molar-refractivity contribution in [2.45, 2.75) is 52.0 Å². The van der Waals surface area contributed by atoms with Crippen molar-refractivity contribution in [1.82, 2.24) is 0 Å². The largest absolute Gasteiger partial charge is 0.398 e. The first-order chi connectivity index (χ1) is 11.5. The minimum atomic E-state index is -1.91. The Morgan fingerprint density at radius 1 is 0.720 bits per heavy atom. The molecule has 6 nitrogen and oxygen atoms in total. The van der Waals surface area contributed by atoms with E-state index in [0.717, 1.165) is 6.04 Å². The Balaban J connectivity index is -0.000000296. The van der Waals surface area contributed by atoms with Crippen molar-refractivity contribution in [2.24, 2.45) is 0 Å². The first kappa shape index (κ1) is 29.9. The number of rotatable bonds is 10. The fourth-order valence-electron chi connectivity index (χ4n) is 1.12. The quantitative estimate of drug-likeness (QED) is 0.499. The molecule has 0 aromatic rings. The number of unbranched alkanes of at least 4 members (excludes halogenated alkanes) is 1. The van der Waals surface area contributed by atoms with E-state index in [1.165, 1.54) is 12.8 Å². The molecule has 9 heteroatoms. The topological polar surface area (TPSA) is 55.4 Å². The van der Waals surface area contributed by atoms with Crippen LogP contribution in [0, 0.1) is 0 Å². The van der Waals surface area contributed by atoms with Crippen molar-refractivity contribution in [3.63, 3.8) is 0 Å². The molecule has 0 bridgehead atoms. The molecule has 0 spiro atoms. The molecule has 25 heavy (non-hydrogen) atoms. The average Bonchev–Trinajstić information content (AvgIpc) is 2.66. The molecule has 0 atom stereocenters. The molecular formula is C16H42O6Si3. The Morgan fingerprint density at radius 2 is 1.12 bits per heavy atom. The molecule has 0 aliphatic heterocycles. The Kier molecular flexibility index (Phi) is 19.5. The van der Waals surface area contributed by atoms with Crippen LogP contribution >= 0.6 is 0 Å². The first-order valence-corrected chi connectivity index (χ1v) is 16.2. The summed E-state index contributed by atoms with van der Waals surface area (Å²) >= 11 is 0. The third-order valence-electron chi connectivity index (χ3n) is 4.01. The van der Waals surface area contributed by atoms with Gasteiger partial charge in [0.1, 0.15) is 0 Å². The number of hydrogen-bond donors (Lipinski definition) is 0. The first-order valence-electron chi connectivity index (χ1n) is 8.43. The van der Waals surface area contributed by atoms with Gasteiger partial charge in [0.25, 0.3) is 0 Å². The minimum absolute atomic E-state index is 1.11. The van der Waals surface area contributed by atoms with E-state index in [9.17, 15) is 0 Å². The lowest BCUT2D eigenvalue weighted by Gasteiger charge is -2.21. The van der Waals surface area contributed by atoms with Gasteiger partial charge in [-0.3, -0.25) is 0 Å². The van der Waals surface area contributed by atoms with Crippen LogP contribution < -0.4 is 0 Å². The monoisotopic (exact) mass is 414 g/mol. The van der Waals surface area contributed by atoms with Crippen LogP contribution in [-0.2, 0) is 26.6 Å². The Hall–Kier alpha value is 0.151. The van der Waals surface area contributed by atoms with Gasteiger partial charge in [-0.15, -0.1) is 6.58 Å². The van der Waals surface area contributed by atoms with Gasteiger partial charge >= 0.3 is 25.7 Å². The maximum atomic E-state index is 5.31. The van der Waals surface area contributed by atoms with Gasteiger partial charge in [-0.05, 0) is 37.9 Å². The van der Waals surface area contributed by atoms with E-state index in [0.29, 0.717) is 0 Å². The van der Waals surface area contributed by atoms with Gasteiger partial charge in [-0.2, -0.15) is 0 Å². The summed E-state index contributed by atoms with van der Waals surface area (Å²) in [5.74, 6) is 0. The molecule has 0 aliphatic rings. The van der Waals surface area contributed by atoms with Gasteiger partial charge in [0.15, 0.2) is 0 Å². The van der Waals surface area contributed by atoms with Gasteiger partial charge in [-0.1, -0.05) is 19.8 Å². The van der Waals surface area contributed by atoms with Crippen molar-refractivity contribution < 1.29 is 26.6 Å². The zero-order chi connectivity index (χ0) is 20.6. The molecule has 0 N–H and O–H groups in total. The summed E-state index contributed by atoms with van der Waals surface area (Å²) in [6.45, 7) is 13.8. The Labute approximate surface area is 159 Å². The molecule has 0 aliphatic carbocycles. The van der Waals surface area contributed by atoms with Crippen LogP contribution in [0.15, 0.2) is 12.3 Å². The zero-order valence-corrected chi connectivity index (χ0v) is 21.4. The maximum Gasteiger partial charge on any atom is 0.360 e. The van der Waals surface area contributed by atoms with E-state index in [4.69, 9.17) is 26.6 Å². The molecule has 154 valence electrons. The summed E-state index contributed by atoms with van der Waals surface area (Å²) in [7, 11) is 4.83. The summed E-state index contributed by atoms with van der Waals surface area (Å²) in [6.07, 6.45) is 2.43. The van der Waals surface area contributed by atoms with Crippen LogP contribution in [-0.4, -0.2) is 68.3 Å². The minimum Gasteiger partial charge on any atom is -0.398 e. The predicted molar refractivity (Wildman–Crippen MR) is 113 cm³/mol. The summed E-state index contributed by atoms with van der Waals surface area (Å²) in [5, 5.41) is 0. The third-order valence-corrected chi connectivity index (χ3v) is 11.3. The highest BCUT2D eigenvalue weighted by Gasteiger charge is 2.27. The molecule has 0 unspecified atom stereocenters. The molecule has 0 radical (unpaired) electrons. The second-order valence-corrected chi connectivity index (χ2v) is 16.5. The smallest absolute Gasteiger partial charge is 0.360 e. The maximum absolute atomic E-state index is 5.31. The molecular weight excluding hydrogens is 372 g/mol. The number of hydrogen-bond acceptors (Lipinski definition) is 6. The van der Waals surface area contributed by atoms with E-state index in [1.807, 2.05) is 19.6 Å². The standard InChI is InChI=1S/C7H18O2Si.C5H12O2Si.C4H12O2Si/c1-5-6-7-10(4,8-2)9-3;1-5-8(4,6-2)7-3;1-5-7(3,4)6-2/h5-7H2,1-4H3;5H,1H2,2-4H3;1-4H3. The highest BCUT2D eigenvalue weighted by atomic mass is 28.4. The molecule has 0 fully saturated rings. The SMILES string of the molecule is C=C[Si](C)(OC)OC.CCCC[Si](C)(OC)OC.CO[Si](C)(C)OC. The fraction of sp³-hybridized carbons (Fsp3) is 0.875. The van der Waals surface area contributed by atoms with Crippen molar-refractivity contribution in [1.29, 1.82) is 0 Å². The molecule has 0 amide bonds. The van der Waals surface area contributed by atoms with E-state index >= 15 is 0 Å². The van der Waals surface area contributed by atoms with Crippen molar-refractivity contribution >= 4 is 25.7 Å². The van der Waals surface area contributed by atoms with Crippen LogP contribution in [0.25, 0.3) is 0 Å². The second kappa shape index (κ2) is 16.3. The molecule has 0 saturated heterocycles. The highest BCUT2D eigenvalue weighted by molar-refractivity contribution is 6.71. The third kappa shape index (κ3) is 17.3. The van der Waals surface area contributed by atoms with Gasteiger partial charge in [-0.25, -0.2) is 0 Å². The summed E-state index contributed by atoms with van der Waals surface area (Å²) in [6, 6.07) is 1.11. The molecule has 0 aromatic heterocycles. The van der Waals surface area contributed by atoms with Crippen LogP contribution in [0.1, 0.15) is 19.8 Å².